The number of nitrogens with one attached hydrogen (secondary N) is 2. The summed E-state index contributed by atoms with van der Waals surface area (Å²) in [4.78, 5) is 35.6. The molecule has 190 valence electrons. The van der Waals surface area contributed by atoms with Gasteiger partial charge in [0.1, 0.15) is 17.3 Å². The molecule has 0 aliphatic heterocycles. The molecule has 1 amide bonds. The third-order valence-corrected chi connectivity index (χ3v) is 5.46. The Morgan fingerprint density at radius 3 is 2.30 bits per heavy atom. The summed E-state index contributed by atoms with van der Waals surface area (Å²) in [6.07, 6.45) is 0.417. The Kier molecular flexibility index (Phi) is 8.65. The molecule has 0 aliphatic carbocycles. The SMILES string of the molecule is Cl.N=C(N)c1ccc2cc(OC(=O)c3ccc(CNC(=O)c4ccc(CCC(=O)O)cc4)o3)ccc2c1. The number of amidine groups is 1. The molecule has 9 nitrogen and oxygen atoms in total. The second-order valence-electron chi connectivity index (χ2n) is 8.07. The van der Waals surface area contributed by atoms with Crippen LogP contribution in [0, 0.1) is 5.41 Å². The average Bonchev–Trinajstić information content (AvgIpc) is 3.35. The van der Waals surface area contributed by atoms with E-state index in [9.17, 15) is 14.4 Å². The second-order valence-corrected chi connectivity index (χ2v) is 8.07. The van der Waals surface area contributed by atoms with Crippen LogP contribution >= 0.6 is 12.4 Å². The lowest BCUT2D eigenvalue weighted by Crippen LogP contribution is -2.22. The molecule has 0 saturated carbocycles. The summed E-state index contributed by atoms with van der Waals surface area (Å²) in [5.74, 6) is -1.20. The quantitative estimate of drug-likeness (QED) is 0.111. The van der Waals surface area contributed by atoms with Crippen molar-refractivity contribution in [3.05, 3.63) is 101 Å². The highest BCUT2D eigenvalue weighted by molar-refractivity contribution is 5.99. The first kappa shape index (κ1) is 27.0. The number of aryl methyl sites for hydroxylation is 1. The van der Waals surface area contributed by atoms with Crippen molar-refractivity contribution in [3.8, 4) is 5.75 Å². The topological polar surface area (TPSA) is 156 Å². The number of ether oxygens (including phenoxy) is 1. The summed E-state index contributed by atoms with van der Waals surface area (Å²) in [5, 5.41) is 20.7. The fourth-order valence-corrected chi connectivity index (χ4v) is 3.54. The van der Waals surface area contributed by atoms with Crippen LogP contribution in [0.1, 0.15) is 44.2 Å². The van der Waals surface area contributed by atoms with Crippen molar-refractivity contribution in [3.63, 3.8) is 0 Å². The number of hydrogen-bond acceptors (Lipinski definition) is 6. The zero-order chi connectivity index (χ0) is 25.7. The molecule has 0 saturated heterocycles. The molecule has 0 fully saturated rings. The molecule has 37 heavy (non-hydrogen) atoms. The van der Waals surface area contributed by atoms with E-state index in [1.54, 1.807) is 66.7 Å². The molecular weight excluding hydrogens is 498 g/mol. The Hall–Kier alpha value is -4.63. The lowest BCUT2D eigenvalue weighted by Gasteiger charge is -2.06. The number of nitrogen functional groups attached to an aromatic ring is 1. The molecule has 4 aromatic rings. The van der Waals surface area contributed by atoms with Crippen LogP contribution < -0.4 is 15.8 Å². The van der Waals surface area contributed by atoms with Crippen molar-refractivity contribution in [2.75, 3.05) is 0 Å². The normalized spacial score (nSPS) is 10.4. The summed E-state index contributed by atoms with van der Waals surface area (Å²) in [6, 6.07) is 20.1. The van der Waals surface area contributed by atoms with Crippen molar-refractivity contribution >= 4 is 46.9 Å². The van der Waals surface area contributed by atoms with Gasteiger partial charge in [-0.15, -0.1) is 12.4 Å². The number of fused-ring (bicyclic) bond motifs is 1. The molecule has 4 rings (SSSR count). The van der Waals surface area contributed by atoms with Crippen LogP contribution in [-0.4, -0.2) is 28.8 Å². The number of carboxylic acid groups (broad SMARTS) is 1. The van der Waals surface area contributed by atoms with Crippen molar-refractivity contribution in [1.29, 1.82) is 5.41 Å². The third-order valence-electron chi connectivity index (χ3n) is 5.46. The Bertz CT molecular complexity index is 1460. The number of carboxylic acids is 1. The summed E-state index contributed by atoms with van der Waals surface area (Å²) in [6.45, 7) is 0.0708. The Morgan fingerprint density at radius 2 is 1.59 bits per heavy atom. The van der Waals surface area contributed by atoms with E-state index in [1.165, 1.54) is 6.07 Å². The molecule has 1 heterocycles. The molecular formula is C27H24ClN3O6. The summed E-state index contributed by atoms with van der Waals surface area (Å²) in [5.41, 5.74) is 7.38. The van der Waals surface area contributed by atoms with Crippen LogP contribution in [0.3, 0.4) is 0 Å². The van der Waals surface area contributed by atoms with Crippen LogP contribution in [0.2, 0.25) is 0 Å². The molecule has 3 aromatic carbocycles. The van der Waals surface area contributed by atoms with Gasteiger partial charge in [0.15, 0.2) is 0 Å². The largest absolute Gasteiger partial charge is 0.481 e. The molecule has 10 heteroatoms. The Balaban J connectivity index is 0.00000380. The number of rotatable bonds is 9. The first-order chi connectivity index (χ1) is 17.3. The highest BCUT2D eigenvalue weighted by atomic mass is 35.5. The van der Waals surface area contributed by atoms with E-state index in [-0.39, 0.29) is 42.9 Å². The van der Waals surface area contributed by atoms with Crippen LogP contribution in [-0.2, 0) is 17.8 Å². The van der Waals surface area contributed by atoms with Crippen LogP contribution in [0.15, 0.2) is 77.2 Å². The maximum atomic E-state index is 12.5. The van der Waals surface area contributed by atoms with Crippen molar-refractivity contribution in [2.45, 2.75) is 19.4 Å². The first-order valence-corrected chi connectivity index (χ1v) is 11.1. The number of furan rings is 1. The van der Waals surface area contributed by atoms with Gasteiger partial charge < -0.3 is 25.3 Å². The number of carbonyl (C=O) groups excluding carboxylic acids is 2. The van der Waals surface area contributed by atoms with Gasteiger partial charge in [-0.2, -0.15) is 0 Å². The van der Waals surface area contributed by atoms with Crippen molar-refractivity contribution in [1.82, 2.24) is 5.32 Å². The van der Waals surface area contributed by atoms with Gasteiger partial charge in [-0.25, -0.2) is 4.79 Å². The summed E-state index contributed by atoms with van der Waals surface area (Å²) >= 11 is 0. The predicted octanol–water partition coefficient (Wildman–Crippen LogP) is 4.31. The van der Waals surface area contributed by atoms with E-state index < -0.39 is 11.9 Å². The number of amides is 1. The average molecular weight is 522 g/mol. The molecule has 0 bridgehead atoms. The second kappa shape index (κ2) is 11.9. The molecule has 0 unspecified atom stereocenters. The zero-order valence-corrected chi connectivity index (χ0v) is 20.3. The lowest BCUT2D eigenvalue weighted by molar-refractivity contribution is -0.136. The van der Waals surface area contributed by atoms with Crippen molar-refractivity contribution in [2.24, 2.45) is 5.73 Å². The number of benzene rings is 3. The van der Waals surface area contributed by atoms with E-state index in [1.807, 2.05) is 0 Å². The van der Waals surface area contributed by atoms with E-state index in [0.717, 1.165) is 16.3 Å². The van der Waals surface area contributed by atoms with E-state index in [2.05, 4.69) is 5.32 Å². The van der Waals surface area contributed by atoms with Crippen LogP contribution in [0.25, 0.3) is 10.8 Å². The third kappa shape index (κ3) is 6.96. The fraction of sp³-hybridized carbons (Fsp3) is 0.111. The van der Waals surface area contributed by atoms with Gasteiger partial charge in [-0.05, 0) is 65.2 Å². The first-order valence-electron chi connectivity index (χ1n) is 11.1. The van der Waals surface area contributed by atoms with Crippen molar-refractivity contribution < 1.29 is 28.6 Å². The summed E-state index contributed by atoms with van der Waals surface area (Å²) < 4.78 is 10.9. The monoisotopic (exact) mass is 521 g/mol. The van der Waals surface area contributed by atoms with Gasteiger partial charge in [-0.1, -0.05) is 30.3 Å². The maximum Gasteiger partial charge on any atom is 0.379 e. The highest BCUT2D eigenvalue weighted by Gasteiger charge is 2.15. The maximum absolute atomic E-state index is 12.5. The lowest BCUT2D eigenvalue weighted by atomic mass is 10.1. The number of hydrogen-bond donors (Lipinski definition) is 4. The number of esters is 1. The van der Waals surface area contributed by atoms with Gasteiger partial charge in [0.25, 0.3) is 5.91 Å². The minimum Gasteiger partial charge on any atom is -0.481 e. The molecule has 5 N–H and O–H groups in total. The van der Waals surface area contributed by atoms with Crippen LogP contribution in [0.5, 0.6) is 5.75 Å². The molecule has 1 aromatic heterocycles. The molecule has 0 radical (unpaired) electrons. The Morgan fingerprint density at radius 1 is 0.919 bits per heavy atom. The van der Waals surface area contributed by atoms with E-state index in [0.29, 0.717) is 29.1 Å². The van der Waals surface area contributed by atoms with Gasteiger partial charge in [0.05, 0.1) is 6.54 Å². The zero-order valence-electron chi connectivity index (χ0n) is 19.5. The van der Waals surface area contributed by atoms with E-state index >= 15 is 0 Å². The minimum atomic E-state index is -0.875. The molecule has 0 atom stereocenters. The Labute approximate surface area is 218 Å². The molecule has 0 spiro atoms. The van der Waals surface area contributed by atoms with Gasteiger partial charge in [0.2, 0.25) is 5.76 Å². The number of aliphatic carboxylic acids is 1. The molecule has 0 aliphatic rings. The predicted molar refractivity (Wildman–Crippen MR) is 139 cm³/mol. The standard InChI is InChI=1S/C27H23N3O6.ClH/c28-25(29)20-7-6-19-14-21(9-8-18(19)13-20)36-27(34)23-11-10-22(35-23)15-30-26(33)17-4-1-16(2-5-17)3-12-24(31)32;/h1-2,4-11,13-14H,3,12,15H2,(H3,28,29)(H,30,33)(H,31,32);1H. The number of nitrogens with two attached hydrogens (primary N) is 1. The summed E-state index contributed by atoms with van der Waals surface area (Å²) in [7, 11) is 0. The van der Waals surface area contributed by atoms with Crippen LogP contribution in [0.4, 0.5) is 0 Å². The highest BCUT2D eigenvalue weighted by Crippen LogP contribution is 2.23. The number of halogens is 1. The van der Waals surface area contributed by atoms with Gasteiger partial charge in [0, 0.05) is 17.5 Å². The minimum absolute atomic E-state index is 0. The fourth-order valence-electron chi connectivity index (χ4n) is 3.54. The van der Waals surface area contributed by atoms with Gasteiger partial charge in [-0.3, -0.25) is 15.0 Å². The van der Waals surface area contributed by atoms with Gasteiger partial charge >= 0.3 is 11.9 Å². The number of carbonyl (C=O) groups is 3. The van der Waals surface area contributed by atoms with E-state index in [4.69, 9.17) is 25.4 Å². The smallest absolute Gasteiger partial charge is 0.379 e.